The Morgan fingerprint density at radius 3 is 1.94 bits per heavy atom. The Balaban J connectivity index is 2.44. The number of hydrogen-bond acceptors (Lipinski definition) is 11. The van der Waals surface area contributed by atoms with Gasteiger partial charge in [0.1, 0.15) is 19.8 Å². The van der Waals surface area contributed by atoms with E-state index in [4.69, 9.17) is 18.5 Å². The van der Waals surface area contributed by atoms with Crippen molar-refractivity contribution in [1.29, 1.82) is 0 Å². The standard InChI is InChI=1S/C50H90NO11P/c1-6-8-10-11-12-13-14-15-16-17-18-19-20-21-22-23-24-25-31-35-50(56)62-44(42-61-63(57,58)60-39-38-51(3,4)5)41-59-49(55)34-30-27-26-29-33-45-46(48(54)40-47(45)53)37-36-43(52)32-28-9-7-2/h12-13,15-16,26,29,36-37,43-48,52-54H,6-11,14,17-25,27-28,30-35,38-42H2,1-5H3/b13-12-,16-15-,29-26+,37-36+/t43-,44+,45+,46+,47-,48+/m0/s1. The normalized spacial score (nSPS) is 20.3. The van der Waals surface area contributed by atoms with Gasteiger partial charge in [-0.15, -0.1) is 0 Å². The highest BCUT2D eigenvalue weighted by atomic mass is 31.2. The number of phosphoric ester groups is 1. The van der Waals surface area contributed by atoms with Crippen molar-refractivity contribution in [3.05, 3.63) is 48.6 Å². The van der Waals surface area contributed by atoms with Gasteiger partial charge in [0.15, 0.2) is 6.10 Å². The Bertz CT molecular complexity index is 1330. The first-order valence-corrected chi connectivity index (χ1v) is 26.1. The van der Waals surface area contributed by atoms with Crippen molar-refractivity contribution in [3.8, 4) is 0 Å². The average Bonchev–Trinajstić information content (AvgIpc) is 3.50. The van der Waals surface area contributed by atoms with Crippen molar-refractivity contribution in [2.45, 2.75) is 199 Å². The lowest BCUT2D eigenvalue weighted by Crippen LogP contribution is -2.37. The third-order valence-electron chi connectivity index (χ3n) is 11.4. The number of esters is 2. The predicted molar refractivity (Wildman–Crippen MR) is 252 cm³/mol. The molecular formula is C50H90NO11P. The molecule has 1 saturated carbocycles. The minimum absolute atomic E-state index is 0.0719. The smallest absolute Gasteiger partial charge is 0.306 e. The Kier molecular flexibility index (Phi) is 34.6. The second kappa shape index (κ2) is 37.0. The zero-order valence-corrected chi connectivity index (χ0v) is 41.0. The van der Waals surface area contributed by atoms with Gasteiger partial charge >= 0.3 is 11.9 Å². The lowest BCUT2D eigenvalue weighted by Gasteiger charge is -2.28. The summed E-state index contributed by atoms with van der Waals surface area (Å²) in [7, 11) is 1.03. The van der Waals surface area contributed by atoms with Crippen LogP contribution in [0, 0.1) is 11.8 Å². The van der Waals surface area contributed by atoms with Gasteiger partial charge in [-0.3, -0.25) is 14.2 Å². The fraction of sp³-hybridized carbons (Fsp3) is 0.800. The molecule has 1 aliphatic rings. The maximum absolute atomic E-state index is 12.8. The SMILES string of the molecule is CCCCC/C=C\C/C=C\CCCCCCCCCCCC(=O)O[C@H](COC(=O)CCC/C=C/C[C@@H]1[C@@H](/C=C/[C@@H](O)CCCCC)[C@H](O)C[C@@H]1O)COP(=O)([O-])OCC[N+](C)(C)C. The van der Waals surface area contributed by atoms with Gasteiger partial charge < -0.3 is 43.2 Å². The zero-order valence-electron chi connectivity index (χ0n) is 40.1. The highest BCUT2D eigenvalue weighted by molar-refractivity contribution is 7.45. The summed E-state index contributed by atoms with van der Waals surface area (Å²) in [5.41, 5.74) is 0. The van der Waals surface area contributed by atoms with Crippen molar-refractivity contribution < 1.29 is 57.4 Å². The second-order valence-corrected chi connectivity index (χ2v) is 19.8. The number of likely N-dealkylation sites (N-methyl/N-ethyl adjacent to an activating group) is 1. The third-order valence-corrected chi connectivity index (χ3v) is 12.4. The van der Waals surface area contributed by atoms with Crippen LogP contribution in [0.15, 0.2) is 48.6 Å². The van der Waals surface area contributed by atoms with Crippen molar-refractivity contribution in [2.75, 3.05) is 47.5 Å². The van der Waals surface area contributed by atoms with Crippen LogP contribution in [0.3, 0.4) is 0 Å². The van der Waals surface area contributed by atoms with Gasteiger partial charge in [0.2, 0.25) is 0 Å². The van der Waals surface area contributed by atoms with Gasteiger partial charge in [-0.25, -0.2) is 0 Å². The van der Waals surface area contributed by atoms with Gasteiger partial charge in [0.05, 0.1) is 46.1 Å². The zero-order chi connectivity index (χ0) is 46.6. The fourth-order valence-electron chi connectivity index (χ4n) is 7.44. The van der Waals surface area contributed by atoms with E-state index in [2.05, 4.69) is 38.2 Å². The first-order valence-electron chi connectivity index (χ1n) is 24.6. The maximum Gasteiger partial charge on any atom is 0.306 e. The first-order chi connectivity index (χ1) is 30.2. The van der Waals surface area contributed by atoms with Crippen molar-refractivity contribution >= 4 is 19.8 Å². The minimum Gasteiger partial charge on any atom is -0.756 e. The number of aliphatic hydroxyl groups excluding tert-OH is 3. The van der Waals surface area contributed by atoms with Crippen LogP contribution in [0.25, 0.3) is 0 Å². The Morgan fingerprint density at radius 1 is 0.714 bits per heavy atom. The first kappa shape index (κ1) is 58.9. The number of phosphoric acid groups is 1. The minimum atomic E-state index is -4.69. The Labute approximate surface area is 382 Å². The van der Waals surface area contributed by atoms with E-state index in [1.165, 1.54) is 57.8 Å². The lowest BCUT2D eigenvalue weighted by molar-refractivity contribution is -0.870. The number of rotatable bonds is 40. The quantitative estimate of drug-likeness (QED) is 0.0176. The molecule has 13 heteroatoms. The van der Waals surface area contributed by atoms with Crippen LogP contribution in [0.2, 0.25) is 0 Å². The summed E-state index contributed by atoms with van der Waals surface area (Å²) in [6.45, 7) is 3.82. The molecule has 0 heterocycles. The summed E-state index contributed by atoms with van der Waals surface area (Å²) in [6.07, 6.45) is 36.6. The maximum atomic E-state index is 12.8. The molecule has 0 aromatic heterocycles. The molecular weight excluding hydrogens is 822 g/mol. The number of carbonyl (C=O) groups excluding carboxylic acids is 2. The Hall–Kier alpha value is -2.15. The van der Waals surface area contributed by atoms with E-state index < -0.39 is 50.8 Å². The second-order valence-electron chi connectivity index (χ2n) is 18.4. The topological polar surface area (TPSA) is 172 Å². The summed E-state index contributed by atoms with van der Waals surface area (Å²) in [6, 6.07) is 0. The monoisotopic (exact) mass is 912 g/mol. The highest BCUT2D eigenvalue weighted by Crippen LogP contribution is 2.38. The molecule has 0 aliphatic heterocycles. The van der Waals surface area contributed by atoms with E-state index in [0.717, 1.165) is 51.4 Å². The molecule has 3 N–H and O–H groups in total. The van der Waals surface area contributed by atoms with Gasteiger partial charge in [-0.2, -0.15) is 0 Å². The molecule has 1 unspecified atom stereocenters. The molecule has 1 aliphatic carbocycles. The molecule has 7 atom stereocenters. The van der Waals surface area contributed by atoms with Gasteiger partial charge in [0.25, 0.3) is 7.82 Å². The van der Waals surface area contributed by atoms with E-state index in [1.54, 1.807) is 6.08 Å². The number of ether oxygens (including phenoxy) is 2. The summed E-state index contributed by atoms with van der Waals surface area (Å²) in [5, 5.41) is 31.4. The summed E-state index contributed by atoms with van der Waals surface area (Å²) >= 11 is 0. The number of allylic oxidation sites excluding steroid dienone is 6. The number of hydrogen-bond donors (Lipinski definition) is 3. The van der Waals surface area contributed by atoms with Crippen molar-refractivity contribution in [3.63, 3.8) is 0 Å². The molecule has 0 aromatic carbocycles. The molecule has 0 saturated heterocycles. The van der Waals surface area contributed by atoms with E-state index in [-0.39, 0.29) is 37.9 Å². The van der Waals surface area contributed by atoms with Gasteiger partial charge in [-0.1, -0.05) is 140 Å². The van der Waals surface area contributed by atoms with Crippen molar-refractivity contribution in [2.24, 2.45) is 11.8 Å². The molecule has 0 bridgehead atoms. The number of aliphatic hydroxyl groups is 3. The van der Waals surface area contributed by atoms with Crippen LogP contribution >= 0.6 is 7.82 Å². The Morgan fingerprint density at radius 2 is 1.29 bits per heavy atom. The van der Waals surface area contributed by atoms with Crippen LogP contribution in [0.5, 0.6) is 0 Å². The molecule has 12 nitrogen and oxygen atoms in total. The van der Waals surface area contributed by atoms with Crippen LogP contribution in [-0.4, -0.2) is 104 Å². The highest BCUT2D eigenvalue weighted by Gasteiger charge is 2.39. The molecule has 63 heavy (non-hydrogen) atoms. The van der Waals surface area contributed by atoms with E-state index in [0.29, 0.717) is 49.6 Å². The third kappa shape index (κ3) is 33.9. The lowest BCUT2D eigenvalue weighted by atomic mass is 9.89. The predicted octanol–water partition coefficient (Wildman–Crippen LogP) is 9.99. The molecule has 1 rings (SSSR count). The molecule has 0 amide bonds. The number of nitrogens with zero attached hydrogens (tertiary/aromatic N) is 1. The number of carbonyl (C=O) groups is 2. The van der Waals surface area contributed by atoms with E-state index >= 15 is 0 Å². The summed E-state index contributed by atoms with van der Waals surface area (Å²) < 4.78 is 33.9. The molecule has 0 spiro atoms. The summed E-state index contributed by atoms with van der Waals surface area (Å²) in [5.74, 6) is -1.44. The fourth-order valence-corrected chi connectivity index (χ4v) is 8.17. The van der Waals surface area contributed by atoms with Gasteiger partial charge in [0, 0.05) is 25.2 Å². The van der Waals surface area contributed by atoms with Gasteiger partial charge in [-0.05, 0) is 70.1 Å². The van der Waals surface area contributed by atoms with Crippen LogP contribution in [0.1, 0.15) is 174 Å². The van der Waals surface area contributed by atoms with Crippen LogP contribution in [-0.2, 0) is 32.7 Å². The molecule has 0 radical (unpaired) electrons. The largest absolute Gasteiger partial charge is 0.756 e. The molecule has 0 aromatic rings. The summed E-state index contributed by atoms with van der Waals surface area (Å²) in [4.78, 5) is 37.9. The number of quaternary nitrogens is 1. The molecule has 1 fully saturated rings. The van der Waals surface area contributed by atoms with Crippen LogP contribution in [0.4, 0.5) is 0 Å². The van der Waals surface area contributed by atoms with Crippen LogP contribution < -0.4 is 4.89 Å². The van der Waals surface area contributed by atoms with E-state index in [1.807, 2.05) is 39.4 Å². The number of unbranched alkanes of at least 4 members (excludes halogenated alkanes) is 15. The van der Waals surface area contributed by atoms with E-state index in [9.17, 15) is 34.4 Å². The van der Waals surface area contributed by atoms with Crippen molar-refractivity contribution in [1.82, 2.24) is 0 Å². The molecule has 366 valence electrons. The average molecular weight is 912 g/mol.